The maximum absolute atomic E-state index is 12.3. The van der Waals surface area contributed by atoms with Crippen molar-refractivity contribution in [3.05, 3.63) is 53.6 Å². The quantitative estimate of drug-likeness (QED) is 0.884. The first-order valence-corrected chi connectivity index (χ1v) is 6.46. The zero-order valence-corrected chi connectivity index (χ0v) is 11.3. The summed E-state index contributed by atoms with van der Waals surface area (Å²) in [4.78, 5) is 12.3. The van der Waals surface area contributed by atoms with Gasteiger partial charge in [-0.25, -0.2) is 0 Å². The smallest absolute Gasteiger partial charge is 0.199 e. The fourth-order valence-corrected chi connectivity index (χ4v) is 2.39. The predicted molar refractivity (Wildman–Crippen MR) is 74.8 cm³/mol. The summed E-state index contributed by atoms with van der Waals surface area (Å²) in [5, 5.41) is 20.0. The Balaban J connectivity index is 2.06. The standard InChI is InChI=1S/C16H14O5/c1-20-13-7-10-12(8-11(13)17)21-16(15(19)14(10)18)9-5-3-2-4-6-9/h2-8,15-17,19H,1H3/t15-,16+/m0/s1. The molecule has 5 heteroatoms. The van der Waals surface area contributed by atoms with Crippen LogP contribution in [0, 0.1) is 0 Å². The van der Waals surface area contributed by atoms with Crippen molar-refractivity contribution < 1.29 is 24.5 Å². The van der Waals surface area contributed by atoms with Crippen molar-refractivity contribution in [2.45, 2.75) is 12.2 Å². The van der Waals surface area contributed by atoms with E-state index in [4.69, 9.17) is 9.47 Å². The van der Waals surface area contributed by atoms with Crippen LogP contribution in [0.3, 0.4) is 0 Å². The number of benzene rings is 2. The Morgan fingerprint density at radius 3 is 2.57 bits per heavy atom. The van der Waals surface area contributed by atoms with Crippen LogP contribution in [0.4, 0.5) is 0 Å². The maximum atomic E-state index is 12.3. The van der Waals surface area contributed by atoms with E-state index < -0.39 is 18.0 Å². The first kappa shape index (κ1) is 13.5. The van der Waals surface area contributed by atoms with Crippen LogP contribution in [-0.4, -0.2) is 29.2 Å². The molecule has 0 fully saturated rings. The Morgan fingerprint density at radius 2 is 1.90 bits per heavy atom. The number of rotatable bonds is 2. The van der Waals surface area contributed by atoms with Crippen LogP contribution in [0.15, 0.2) is 42.5 Å². The molecule has 1 aliphatic heterocycles. The van der Waals surface area contributed by atoms with Crippen molar-refractivity contribution >= 4 is 5.78 Å². The van der Waals surface area contributed by atoms with Crippen molar-refractivity contribution in [3.8, 4) is 17.2 Å². The number of ether oxygens (including phenoxy) is 2. The third kappa shape index (κ3) is 2.21. The topological polar surface area (TPSA) is 76.0 Å². The van der Waals surface area contributed by atoms with Gasteiger partial charge in [-0.1, -0.05) is 30.3 Å². The molecular formula is C16H14O5. The Bertz CT molecular complexity index is 681. The van der Waals surface area contributed by atoms with E-state index in [2.05, 4.69) is 0 Å². The summed E-state index contributed by atoms with van der Waals surface area (Å²) in [5.41, 5.74) is 0.892. The number of hydrogen-bond acceptors (Lipinski definition) is 5. The molecule has 0 aromatic heterocycles. The van der Waals surface area contributed by atoms with E-state index in [-0.39, 0.29) is 22.8 Å². The molecule has 1 heterocycles. The third-order valence-electron chi connectivity index (χ3n) is 3.48. The average molecular weight is 286 g/mol. The second kappa shape index (κ2) is 5.10. The molecule has 0 saturated carbocycles. The van der Waals surface area contributed by atoms with Crippen LogP contribution in [0.5, 0.6) is 17.2 Å². The van der Waals surface area contributed by atoms with Crippen LogP contribution < -0.4 is 9.47 Å². The van der Waals surface area contributed by atoms with Crippen molar-refractivity contribution in [1.82, 2.24) is 0 Å². The van der Waals surface area contributed by atoms with Gasteiger partial charge in [0.2, 0.25) is 0 Å². The molecule has 0 amide bonds. The summed E-state index contributed by atoms with van der Waals surface area (Å²) < 4.78 is 10.7. The Hall–Kier alpha value is -2.53. The Morgan fingerprint density at radius 1 is 1.19 bits per heavy atom. The zero-order valence-electron chi connectivity index (χ0n) is 11.3. The van der Waals surface area contributed by atoms with Crippen molar-refractivity contribution in [1.29, 1.82) is 0 Å². The van der Waals surface area contributed by atoms with E-state index in [1.54, 1.807) is 24.3 Å². The number of phenolic OH excluding ortho intramolecular Hbond substituents is 1. The predicted octanol–water partition coefficient (Wildman–Crippen LogP) is 2.08. The lowest BCUT2D eigenvalue weighted by atomic mass is 9.93. The van der Waals surface area contributed by atoms with Gasteiger partial charge in [0, 0.05) is 6.07 Å². The number of carbonyl (C=O) groups is 1. The molecule has 5 nitrogen and oxygen atoms in total. The van der Waals surface area contributed by atoms with Crippen molar-refractivity contribution in [2.75, 3.05) is 7.11 Å². The minimum absolute atomic E-state index is 0.118. The lowest BCUT2D eigenvalue weighted by Gasteiger charge is -2.30. The van der Waals surface area contributed by atoms with Crippen molar-refractivity contribution in [3.63, 3.8) is 0 Å². The minimum Gasteiger partial charge on any atom is -0.504 e. The third-order valence-corrected chi connectivity index (χ3v) is 3.48. The number of phenols is 1. The number of hydrogen-bond donors (Lipinski definition) is 2. The minimum atomic E-state index is -1.30. The second-order valence-electron chi connectivity index (χ2n) is 4.78. The summed E-state index contributed by atoms with van der Waals surface area (Å²) in [7, 11) is 1.39. The van der Waals surface area contributed by atoms with Gasteiger partial charge in [0.05, 0.1) is 12.7 Å². The van der Waals surface area contributed by atoms with Gasteiger partial charge in [0.25, 0.3) is 0 Å². The first-order chi connectivity index (χ1) is 10.1. The second-order valence-corrected chi connectivity index (χ2v) is 4.78. The monoisotopic (exact) mass is 286 g/mol. The molecule has 2 atom stereocenters. The van der Waals surface area contributed by atoms with Crippen LogP contribution in [0.25, 0.3) is 0 Å². The lowest BCUT2D eigenvalue weighted by molar-refractivity contribution is 0.0215. The lowest BCUT2D eigenvalue weighted by Crippen LogP contribution is -2.36. The summed E-state index contributed by atoms with van der Waals surface area (Å²) in [5.74, 6) is -0.177. The van der Waals surface area contributed by atoms with Gasteiger partial charge in [-0.15, -0.1) is 0 Å². The molecule has 0 unspecified atom stereocenters. The number of Topliss-reactive ketones (excluding diaryl/α,β-unsaturated/α-hetero) is 1. The van der Waals surface area contributed by atoms with Crippen LogP contribution in [0.1, 0.15) is 22.0 Å². The summed E-state index contributed by atoms with van der Waals surface area (Å²) in [6.07, 6.45) is -2.09. The van der Waals surface area contributed by atoms with Crippen LogP contribution in [-0.2, 0) is 0 Å². The van der Waals surface area contributed by atoms with Gasteiger partial charge < -0.3 is 19.7 Å². The zero-order chi connectivity index (χ0) is 15.0. The molecular weight excluding hydrogens is 272 g/mol. The fraction of sp³-hybridized carbons (Fsp3) is 0.188. The largest absolute Gasteiger partial charge is 0.504 e. The summed E-state index contributed by atoms with van der Waals surface area (Å²) in [6.45, 7) is 0. The normalized spacial score (nSPS) is 20.6. The highest BCUT2D eigenvalue weighted by Gasteiger charge is 2.37. The van der Waals surface area contributed by atoms with E-state index in [9.17, 15) is 15.0 Å². The van der Waals surface area contributed by atoms with Gasteiger partial charge in [0.15, 0.2) is 29.5 Å². The molecule has 0 spiro atoms. The Kier molecular flexibility index (Phi) is 3.27. The molecule has 0 bridgehead atoms. The molecule has 1 aliphatic rings. The molecule has 0 aliphatic carbocycles. The number of aliphatic hydroxyl groups is 1. The van der Waals surface area contributed by atoms with E-state index in [0.717, 1.165) is 0 Å². The van der Waals surface area contributed by atoms with Gasteiger partial charge >= 0.3 is 0 Å². The van der Waals surface area contributed by atoms with Crippen LogP contribution >= 0.6 is 0 Å². The molecule has 0 radical (unpaired) electrons. The van der Waals surface area contributed by atoms with E-state index in [0.29, 0.717) is 5.56 Å². The first-order valence-electron chi connectivity index (χ1n) is 6.46. The van der Waals surface area contributed by atoms with Gasteiger partial charge in [0.1, 0.15) is 5.75 Å². The molecule has 2 N–H and O–H groups in total. The number of aliphatic hydroxyl groups excluding tert-OH is 1. The molecule has 3 rings (SSSR count). The maximum Gasteiger partial charge on any atom is 0.199 e. The highest BCUT2D eigenvalue weighted by atomic mass is 16.5. The summed E-state index contributed by atoms with van der Waals surface area (Å²) >= 11 is 0. The molecule has 0 saturated heterocycles. The average Bonchev–Trinajstić information content (AvgIpc) is 2.51. The molecule has 2 aromatic rings. The molecule has 21 heavy (non-hydrogen) atoms. The van der Waals surface area contributed by atoms with E-state index in [1.165, 1.54) is 19.2 Å². The Labute approximate surface area is 121 Å². The number of fused-ring (bicyclic) bond motifs is 1. The number of carbonyl (C=O) groups excluding carboxylic acids is 1. The van der Waals surface area contributed by atoms with Gasteiger partial charge in [-0.05, 0) is 11.6 Å². The molecule has 2 aromatic carbocycles. The van der Waals surface area contributed by atoms with Crippen LogP contribution in [0.2, 0.25) is 0 Å². The number of ketones is 1. The number of aromatic hydroxyl groups is 1. The fourth-order valence-electron chi connectivity index (χ4n) is 2.39. The SMILES string of the molecule is COc1cc2c(cc1O)O[C@H](c1ccccc1)[C@@H](O)C2=O. The van der Waals surface area contributed by atoms with E-state index in [1.807, 2.05) is 6.07 Å². The van der Waals surface area contributed by atoms with Crippen molar-refractivity contribution in [2.24, 2.45) is 0 Å². The molecule has 108 valence electrons. The number of methoxy groups -OCH3 is 1. The highest BCUT2D eigenvalue weighted by molar-refractivity contribution is 6.03. The highest BCUT2D eigenvalue weighted by Crippen LogP contribution is 2.41. The van der Waals surface area contributed by atoms with Gasteiger partial charge in [-0.2, -0.15) is 0 Å². The van der Waals surface area contributed by atoms with Gasteiger partial charge in [-0.3, -0.25) is 4.79 Å². The van der Waals surface area contributed by atoms with E-state index >= 15 is 0 Å². The summed E-state index contributed by atoms with van der Waals surface area (Å²) in [6, 6.07) is 11.7.